The molecule has 0 aliphatic carbocycles. The van der Waals surface area contributed by atoms with Crippen LogP contribution in [0.25, 0.3) is 0 Å². The van der Waals surface area contributed by atoms with Crippen LogP contribution in [0.3, 0.4) is 0 Å². The largest absolute Gasteiger partial charge is 0.314 e. The van der Waals surface area contributed by atoms with Gasteiger partial charge in [0.15, 0.2) is 0 Å². The molecule has 1 heterocycles. The second-order valence-electron chi connectivity index (χ2n) is 5.65. The van der Waals surface area contributed by atoms with E-state index in [-0.39, 0.29) is 0 Å². The summed E-state index contributed by atoms with van der Waals surface area (Å²) in [7, 11) is -3.00. The van der Waals surface area contributed by atoms with Gasteiger partial charge in [-0.2, -0.15) is 0 Å². The van der Waals surface area contributed by atoms with Crippen molar-refractivity contribution < 1.29 is 8.42 Å². The van der Waals surface area contributed by atoms with Gasteiger partial charge in [0, 0.05) is 19.1 Å². The van der Waals surface area contributed by atoms with Crippen LogP contribution in [-0.4, -0.2) is 44.2 Å². The molecule has 0 aromatic carbocycles. The molecular formula is C14H30N2O2S. The predicted octanol–water partition coefficient (Wildman–Crippen LogP) is 2.22. The van der Waals surface area contributed by atoms with Crippen molar-refractivity contribution in [3.63, 3.8) is 0 Å². The Morgan fingerprint density at radius 3 is 2.37 bits per heavy atom. The van der Waals surface area contributed by atoms with Crippen LogP contribution >= 0.6 is 0 Å². The van der Waals surface area contributed by atoms with Gasteiger partial charge in [-0.3, -0.25) is 0 Å². The van der Waals surface area contributed by atoms with Crippen molar-refractivity contribution in [1.29, 1.82) is 0 Å². The molecule has 114 valence electrons. The minimum Gasteiger partial charge on any atom is -0.314 e. The first-order chi connectivity index (χ1) is 9.01. The number of unbranched alkanes of at least 4 members (excludes halogenated alkanes) is 1. The highest BCUT2D eigenvalue weighted by molar-refractivity contribution is 7.89. The Hall–Kier alpha value is -0.130. The van der Waals surface area contributed by atoms with Crippen molar-refractivity contribution in [2.75, 3.05) is 25.4 Å². The van der Waals surface area contributed by atoms with Crippen LogP contribution in [0.4, 0.5) is 0 Å². The third kappa shape index (κ3) is 5.40. The summed E-state index contributed by atoms with van der Waals surface area (Å²) in [4.78, 5) is 0. The molecule has 0 amide bonds. The Bertz CT molecular complexity index is 335. The van der Waals surface area contributed by atoms with Crippen LogP contribution in [-0.2, 0) is 10.0 Å². The number of hydrogen-bond donors (Lipinski definition) is 1. The van der Waals surface area contributed by atoms with Gasteiger partial charge < -0.3 is 5.32 Å². The number of sulfonamides is 1. The van der Waals surface area contributed by atoms with E-state index in [0.717, 1.165) is 38.6 Å². The highest BCUT2D eigenvalue weighted by atomic mass is 32.2. The van der Waals surface area contributed by atoms with Gasteiger partial charge in [-0.05, 0) is 45.1 Å². The van der Waals surface area contributed by atoms with Gasteiger partial charge in [0.25, 0.3) is 0 Å². The van der Waals surface area contributed by atoms with Gasteiger partial charge in [-0.15, -0.1) is 0 Å². The number of nitrogens with one attached hydrogen (secondary N) is 1. The Kier molecular flexibility index (Phi) is 7.32. The van der Waals surface area contributed by atoms with E-state index in [1.54, 1.807) is 4.31 Å². The average molecular weight is 290 g/mol. The SMILES string of the molecule is CCCCS(=O)(=O)N1CCC(C(C)NCCC)CC1. The van der Waals surface area contributed by atoms with E-state index < -0.39 is 10.0 Å². The van der Waals surface area contributed by atoms with Gasteiger partial charge in [0.1, 0.15) is 0 Å². The number of nitrogens with zero attached hydrogens (tertiary/aromatic N) is 1. The monoisotopic (exact) mass is 290 g/mol. The maximum Gasteiger partial charge on any atom is 0.214 e. The highest BCUT2D eigenvalue weighted by Crippen LogP contribution is 2.23. The molecule has 4 nitrogen and oxygen atoms in total. The van der Waals surface area contributed by atoms with E-state index in [4.69, 9.17) is 0 Å². The molecule has 1 aliphatic rings. The Balaban J connectivity index is 2.40. The quantitative estimate of drug-likeness (QED) is 0.745. The zero-order chi connectivity index (χ0) is 14.3. The third-order valence-electron chi connectivity index (χ3n) is 4.07. The van der Waals surface area contributed by atoms with Gasteiger partial charge in [0.2, 0.25) is 10.0 Å². The fourth-order valence-corrected chi connectivity index (χ4v) is 4.33. The van der Waals surface area contributed by atoms with Crippen LogP contribution < -0.4 is 5.32 Å². The first kappa shape index (κ1) is 16.9. The summed E-state index contributed by atoms with van der Waals surface area (Å²) in [5.41, 5.74) is 0. The molecule has 0 saturated carbocycles. The molecule has 1 N–H and O–H groups in total. The predicted molar refractivity (Wildman–Crippen MR) is 80.7 cm³/mol. The molecule has 5 heteroatoms. The number of rotatable bonds is 8. The minimum absolute atomic E-state index is 0.317. The van der Waals surface area contributed by atoms with Gasteiger partial charge >= 0.3 is 0 Å². The molecule has 1 rings (SSSR count). The molecule has 1 unspecified atom stereocenters. The first-order valence-electron chi connectivity index (χ1n) is 7.72. The molecule has 1 fully saturated rings. The molecule has 0 aromatic rings. The Morgan fingerprint density at radius 2 is 1.84 bits per heavy atom. The number of piperidine rings is 1. The van der Waals surface area contributed by atoms with Crippen LogP contribution in [0.1, 0.15) is 52.9 Å². The van der Waals surface area contributed by atoms with E-state index in [1.165, 1.54) is 0 Å². The zero-order valence-corrected chi connectivity index (χ0v) is 13.5. The summed E-state index contributed by atoms with van der Waals surface area (Å²) in [6.07, 6.45) is 4.84. The summed E-state index contributed by atoms with van der Waals surface area (Å²) in [6, 6.07) is 0.500. The van der Waals surface area contributed by atoms with Crippen molar-refractivity contribution in [3.8, 4) is 0 Å². The lowest BCUT2D eigenvalue weighted by atomic mass is 9.91. The van der Waals surface area contributed by atoms with Gasteiger partial charge in [-0.1, -0.05) is 20.3 Å². The standard InChI is InChI=1S/C14H30N2O2S/c1-4-6-12-19(17,18)16-10-7-14(8-11-16)13(3)15-9-5-2/h13-15H,4-12H2,1-3H3. The molecule has 0 radical (unpaired) electrons. The van der Waals surface area contributed by atoms with Crippen molar-refractivity contribution in [2.45, 2.75) is 58.9 Å². The highest BCUT2D eigenvalue weighted by Gasteiger charge is 2.29. The Morgan fingerprint density at radius 1 is 1.21 bits per heavy atom. The van der Waals surface area contributed by atoms with Crippen molar-refractivity contribution >= 4 is 10.0 Å². The van der Waals surface area contributed by atoms with Crippen LogP contribution in [0.5, 0.6) is 0 Å². The fraction of sp³-hybridized carbons (Fsp3) is 1.00. The van der Waals surface area contributed by atoms with E-state index in [0.29, 0.717) is 30.8 Å². The summed E-state index contributed by atoms with van der Waals surface area (Å²) in [5.74, 6) is 0.932. The molecule has 0 aromatic heterocycles. The normalized spacial score (nSPS) is 20.6. The van der Waals surface area contributed by atoms with E-state index >= 15 is 0 Å². The second-order valence-corrected chi connectivity index (χ2v) is 7.74. The van der Waals surface area contributed by atoms with Crippen LogP contribution in [0.15, 0.2) is 0 Å². The fourth-order valence-electron chi connectivity index (χ4n) is 2.65. The first-order valence-corrected chi connectivity index (χ1v) is 9.33. The van der Waals surface area contributed by atoms with Crippen LogP contribution in [0.2, 0.25) is 0 Å². The van der Waals surface area contributed by atoms with Crippen LogP contribution in [0, 0.1) is 5.92 Å². The lowest BCUT2D eigenvalue weighted by Gasteiger charge is -2.34. The maximum absolute atomic E-state index is 12.1. The summed E-state index contributed by atoms with van der Waals surface area (Å²) < 4.78 is 25.9. The Labute approximate surface area is 119 Å². The van der Waals surface area contributed by atoms with Gasteiger partial charge in [0.05, 0.1) is 5.75 Å². The summed E-state index contributed by atoms with van der Waals surface area (Å²) >= 11 is 0. The zero-order valence-electron chi connectivity index (χ0n) is 12.7. The second kappa shape index (κ2) is 8.22. The molecule has 1 aliphatic heterocycles. The third-order valence-corrected chi connectivity index (χ3v) is 6.03. The summed E-state index contributed by atoms with van der Waals surface area (Å²) in [5, 5.41) is 3.52. The average Bonchev–Trinajstić information content (AvgIpc) is 2.42. The topological polar surface area (TPSA) is 49.4 Å². The maximum atomic E-state index is 12.1. The smallest absolute Gasteiger partial charge is 0.214 e. The van der Waals surface area contributed by atoms with Crippen molar-refractivity contribution in [3.05, 3.63) is 0 Å². The molecule has 0 bridgehead atoms. The molecule has 1 atom stereocenters. The molecule has 0 spiro atoms. The molecule has 19 heavy (non-hydrogen) atoms. The lowest BCUT2D eigenvalue weighted by molar-refractivity contribution is 0.231. The van der Waals surface area contributed by atoms with E-state index in [1.807, 2.05) is 6.92 Å². The van der Waals surface area contributed by atoms with E-state index in [9.17, 15) is 8.42 Å². The molecule has 1 saturated heterocycles. The van der Waals surface area contributed by atoms with Gasteiger partial charge in [-0.25, -0.2) is 12.7 Å². The molecular weight excluding hydrogens is 260 g/mol. The summed E-state index contributed by atoms with van der Waals surface area (Å²) in [6.45, 7) is 8.88. The van der Waals surface area contributed by atoms with Crippen molar-refractivity contribution in [1.82, 2.24) is 9.62 Å². The lowest BCUT2D eigenvalue weighted by Crippen LogP contribution is -2.44. The number of hydrogen-bond acceptors (Lipinski definition) is 3. The minimum atomic E-state index is -3.00. The van der Waals surface area contributed by atoms with E-state index in [2.05, 4.69) is 19.2 Å². The van der Waals surface area contributed by atoms with Crippen molar-refractivity contribution in [2.24, 2.45) is 5.92 Å².